The van der Waals surface area contributed by atoms with Gasteiger partial charge >= 0.3 is 5.69 Å². The first-order valence-corrected chi connectivity index (χ1v) is 7.94. The predicted octanol–water partition coefficient (Wildman–Crippen LogP) is 2.16. The molecule has 0 bridgehead atoms. The van der Waals surface area contributed by atoms with Gasteiger partial charge in [-0.25, -0.2) is 0 Å². The van der Waals surface area contributed by atoms with Crippen molar-refractivity contribution >= 4 is 11.4 Å². The van der Waals surface area contributed by atoms with E-state index in [-0.39, 0.29) is 17.1 Å². The van der Waals surface area contributed by atoms with Gasteiger partial charge in [-0.2, -0.15) is 0 Å². The molecule has 1 aromatic rings. The third kappa shape index (κ3) is 5.74. The summed E-state index contributed by atoms with van der Waals surface area (Å²) in [5.41, 5.74) is -0.703. The van der Waals surface area contributed by atoms with Gasteiger partial charge < -0.3 is 9.64 Å². The highest BCUT2D eigenvalue weighted by Gasteiger charge is 2.21. The maximum atomic E-state index is 11.0. The monoisotopic (exact) mass is 340 g/mol. The molecule has 9 nitrogen and oxygen atoms in total. The van der Waals surface area contributed by atoms with Crippen molar-refractivity contribution in [3.8, 4) is 5.75 Å². The van der Waals surface area contributed by atoms with E-state index in [2.05, 4.69) is 16.8 Å². The molecular formula is C15H24N4O5. The van der Waals surface area contributed by atoms with Crippen molar-refractivity contribution < 1.29 is 14.6 Å². The zero-order valence-corrected chi connectivity index (χ0v) is 14.3. The Morgan fingerprint density at radius 1 is 1.08 bits per heavy atom. The number of hydrogen-bond donors (Lipinski definition) is 0. The van der Waals surface area contributed by atoms with Gasteiger partial charge in [0, 0.05) is 38.8 Å². The highest BCUT2D eigenvalue weighted by molar-refractivity contribution is 5.53. The summed E-state index contributed by atoms with van der Waals surface area (Å²) >= 11 is 0. The van der Waals surface area contributed by atoms with Crippen LogP contribution in [0.3, 0.4) is 0 Å². The summed E-state index contributed by atoms with van der Waals surface area (Å²) in [6.07, 6.45) is 0. The minimum absolute atomic E-state index is 0.0599. The lowest BCUT2D eigenvalue weighted by Crippen LogP contribution is -2.45. The summed E-state index contributed by atoms with van der Waals surface area (Å²) in [6.45, 7) is 8.81. The van der Waals surface area contributed by atoms with Crippen LogP contribution in [-0.2, 0) is 0 Å². The van der Waals surface area contributed by atoms with Gasteiger partial charge in [-0.15, -0.1) is 0 Å². The number of nitro groups is 2. The van der Waals surface area contributed by atoms with Gasteiger partial charge in [-0.1, -0.05) is 13.8 Å². The number of hydrogen-bond acceptors (Lipinski definition) is 7. The number of nitrogens with zero attached hydrogens (tertiary/aromatic N) is 4. The fraction of sp³-hybridized carbons (Fsp3) is 0.600. The number of ether oxygens (including phenoxy) is 1. The number of piperazine rings is 1. The van der Waals surface area contributed by atoms with E-state index in [0.717, 1.165) is 32.2 Å². The average molecular weight is 340 g/mol. The van der Waals surface area contributed by atoms with Gasteiger partial charge in [0.05, 0.1) is 15.9 Å². The standard InChI is InChI=1S/C13H18N4O5.C2H6/c1-14-4-6-15(7-5-14)8-9-22-13-3-2-11(16(18)19)10-12(13)17(20)21;1-2/h2-3,10H,4-9H2,1H3;1-2H3. The first-order valence-electron chi connectivity index (χ1n) is 7.94. The molecular weight excluding hydrogens is 316 g/mol. The van der Waals surface area contributed by atoms with E-state index in [9.17, 15) is 20.2 Å². The molecule has 2 rings (SSSR count). The van der Waals surface area contributed by atoms with Gasteiger partial charge in [0.2, 0.25) is 0 Å². The first kappa shape index (κ1) is 19.8. The Balaban J connectivity index is 0.00000139. The molecule has 1 heterocycles. The van der Waals surface area contributed by atoms with Crippen LogP contribution in [0.2, 0.25) is 0 Å². The molecule has 1 fully saturated rings. The largest absolute Gasteiger partial charge is 0.485 e. The van der Waals surface area contributed by atoms with Crippen LogP contribution in [0.25, 0.3) is 0 Å². The van der Waals surface area contributed by atoms with E-state index < -0.39 is 9.85 Å². The summed E-state index contributed by atoms with van der Waals surface area (Å²) in [5.74, 6) is 0.0599. The zero-order chi connectivity index (χ0) is 18.1. The molecule has 0 unspecified atom stereocenters. The fourth-order valence-corrected chi connectivity index (χ4v) is 2.24. The van der Waals surface area contributed by atoms with Crippen molar-refractivity contribution in [1.82, 2.24) is 9.80 Å². The van der Waals surface area contributed by atoms with E-state index >= 15 is 0 Å². The zero-order valence-electron chi connectivity index (χ0n) is 14.3. The van der Waals surface area contributed by atoms with Crippen LogP contribution >= 0.6 is 0 Å². The normalized spacial score (nSPS) is 15.3. The summed E-state index contributed by atoms with van der Waals surface area (Å²) in [5, 5.41) is 21.7. The van der Waals surface area contributed by atoms with Crippen LogP contribution in [-0.4, -0.2) is 66.0 Å². The van der Waals surface area contributed by atoms with Crippen molar-refractivity contribution in [3.05, 3.63) is 38.4 Å². The van der Waals surface area contributed by atoms with Crippen molar-refractivity contribution in [2.75, 3.05) is 46.4 Å². The number of likely N-dealkylation sites (N-methyl/N-ethyl adjacent to an activating group) is 1. The van der Waals surface area contributed by atoms with Gasteiger partial charge in [0.25, 0.3) is 5.69 Å². The van der Waals surface area contributed by atoms with Crippen molar-refractivity contribution in [1.29, 1.82) is 0 Å². The van der Waals surface area contributed by atoms with Gasteiger partial charge in [-0.3, -0.25) is 25.1 Å². The second kappa shape index (κ2) is 9.78. The molecule has 0 atom stereocenters. The molecule has 0 saturated carbocycles. The van der Waals surface area contributed by atoms with Crippen molar-refractivity contribution in [3.63, 3.8) is 0 Å². The van der Waals surface area contributed by atoms with Crippen LogP contribution in [0.15, 0.2) is 18.2 Å². The second-order valence-corrected chi connectivity index (χ2v) is 5.16. The average Bonchev–Trinajstić information content (AvgIpc) is 2.58. The lowest BCUT2D eigenvalue weighted by molar-refractivity contribution is -0.394. The van der Waals surface area contributed by atoms with Gasteiger partial charge in [0.1, 0.15) is 6.61 Å². The molecule has 0 N–H and O–H groups in total. The summed E-state index contributed by atoms with van der Waals surface area (Å²) in [6, 6.07) is 3.41. The highest BCUT2D eigenvalue weighted by atomic mass is 16.6. The number of non-ortho nitro benzene ring substituents is 1. The van der Waals surface area contributed by atoms with Crippen molar-refractivity contribution in [2.24, 2.45) is 0 Å². The van der Waals surface area contributed by atoms with E-state index in [1.54, 1.807) is 0 Å². The number of nitro benzene ring substituents is 2. The molecule has 1 aromatic carbocycles. The highest BCUT2D eigenvalue weighted by Crippen LogP contribution is 2.30. The second-order valence-electron chi connectivity index (χ2n) is 5.16. The maximum absolute atomic E-state index is 11.0. The molecule has 0 aliphatic carbocycles. The Morgan fingerprint density at radius 3 is 2.25 bits per heavy atom. The van der Waals surface area contributed by atoms with E-state index in [4.69, 9.17) is 4.74 Å². The van der Waals surface area contributed by atoms with Crippen LogP contribution in [0, 0.1) is 20.2 Å². The van der Waals surface area contributed by atoms with Gasteiger partial charge in [0.15, 0.2) is 5.75 Å². The van der Waals surface area contributed by atoms with Gasteiger partial charge in [-0.05, 0) is 13.1 Å². The molecule has 0 spiro atoms. The Kier molecular flexibility index (Phi) is 8.07. The summed E-state index contributed by atoms with van der Waals surface area (Å²) < 4.78 is 5.44. The minimum atomic E-state index is -0.668. The Bertz CT molecular complexity index is 559. The Morgan fingerprint density at radius 2 is 1.71 bits per heavy atom. The third-order valence-corrected chi connectivity index (χ3v) is 3.61. The molecule has 24 heavy (non-hydrogen) atoms. The summed E-state index contributed by atoms with van der Waals surface area (Å²) in [4.78, 5) is 24.8. The first-order chi connectivity index (χ1) is 11.5. The van der Waals surface area contributed by atoms with E-state index in [0.29, 0.717) is 13.2 Å². The van der Waals surface area contributed by atoms with Crippen LogP contribution in [0.4, 0.5) is 11.4 Å². The lowest BCUT2D eigenvalue weighted by atomic mass is 10.2. The summed E-state index contributed by atoms with van der Waals surface area (Å²) in [7, 11) is 2.06. The molecule has 1 aliphatic heterocycles. The third-order valence-electron chi connectivity index (χ3n) is 3.61. The maximum Gasteiger partial charge on any atom is 0.317 e. The molecule has 0 aromatic heterocycles. The molecule has 9 heteroatoms. The Hall–Kier alpha value is -2.26. The molecule has 0 radical (unpaired) electrons. The lowest BCUT2D eigenvalue weighted by Gasteiger charge is -2.32. The Labute approximate surface area is 141 Å². The van der Waals surface area contributed by atoms with Crippen LogP contribution < -0.4 is 4.74 Å². The van der Waals surface area contributed by atoms with Crippen molar-refractivity contribution in [2.45, 2.75) is 13.8 Å². The molecule has 134 valence electrons. The topological polar surface area (TPSA) is 102 Å². The van der Waals surface area contributed by atoms with Crippen LogP contribution in [0.1, 0.15) is 13.8 Å². The van der Waals surface area contributed by atoms with E-state index in [1.165, 1.54) is 12.1 Å². The van der Waals surface area contributed by atoms with E-state index in [1.807, 2.05) is 13.8 Å². The number of rotatable bonds is 6. The molecule has 1 aliphatic rings. The van der Waals surface area contributed by atoms with Crippen LogP contribution in [0.5, 0.6) is 5.75 Å². The fourth-order valence-electron chi connectivity index (χ4n) is 2.24. The molecule has 1 saturated heterocycles. The molecule has 0 amide bonds. The minimum Gasteiger partial charge on any atom is -0.485 e. The quantitative estimate of drug-likeness (QED) is 0.577. The SMILES string of the molecule is CC.CN1CCN(CCOc2ccc([N+](=O)[O-])cc2[N+](=O)[O-])CC1. The smallest absolute Gasteiger partial charge is 0.317 e. The predicted molar refractivity (Wildman–Crippen MR) is 90.5 cm³/mol. The number of benzene rings is 1.